The van der Waals surface area contributed by atoms with E-state index in [1.807, 2.05) is 6.07 Å². The first-order valence-electron chi connectivity index (χ1n) is 7.46. The molecule has 7 nitrogen and oxygen atoms in total. The van der Waals surface area contributed by atoms with Gasteiger partial charge >= 0.3 is 5.97 Å². The first kappa shape index (κ1) is 16.5. The largest absolute Gasteiger partial charge is 0.481 e. The topological polar surface area (TPSA) is 84.7 Å². The van der Waals surface area contributed by atoms with Gasteiger partial charge in [0.25, 0.3) is 5.91 Å². The highest BCUT2D eigenvalue weighted by Gasteiger charge is 2.27. The number of hydrogen-bond donors (Lipinski definition) is 1. The van der Waals surface area contributed by atoms with Crippen LogP contribution >= 0.6 is 11.6 Å². The molecular weight excluding hydrogens is 334 g/mol. The number of hydrogen-bond acceptors (Lipinski definition) is 4. The van der Waals surface area contributed by atoms with E-state index in [9.17, 15) is 9.59 Å². The zero-order valence-electron chi connectivity index (χ0n) is 12.8. The van der Waals surface area contributed by atoms with Crippen molar-refractivity contribution in [2.45, 2.75) is 12.5 Å². The van der Waals surface area contributed by atoms with Gasteiger partial charge in [-0.1, -0.05) is 17.7 Å². The molecule has 0 saturated carbocycles. The van der Waals surface area contributed by atoms with Crippen LogP contribution < -0.4 is 0 Å². The third kappa shape index (κ3) is 3.74. The number of halogens is 1. The predicted octanol–water partition coefficient (Wildman–Crippen LogP) is 1.84. The number of amides is 1. The van der Waals surface area contributed by atoms with Gasteiger partial charge in [0, 0.05) is 24.3 Å². The Bertz CT molecular complexity index is 761. The summed E-state index contributed by atoms with van der Waals surface area (Å²) >= 11 is 5.97. The van der Waals surface area contributed by atoms with E-state index in [1.54, 1.807) is 34.0 Å². The number of carbonyl (C=O) groups excluding carboxylic acids is 1. The molecule has 0 spiro atoms. The van der Waals surface area contributed by atoms with Crippen LogP contribution in [0.5, 0.6) is 0 Å². The molecule has 0 radical (unpaired) electrons. The summed E-state index contributed by atoms with van der Waals surface area (Å²) < 4.78 is 6.96. The lowest BCUT2D eigenvalue weighted by Crippen LogP contribution is -2.46. The summed E-state index contributed by atoms with van der Waals surface area (Å²) in [6.07, 6.45) is 2.52. The molecule has 1 aliphatic rings. The Morgan fingerprint density at radius 1 is 1.42 bits per heavy atom. The van der Waals surface area contributed by atoms with Crippen molar-refractivity contribution in [2.24, 2.45) is 0 Å². The Kier molecular flexibility index (Phi) is 4.82. The lowest BCUT2D eigenvalue weighted by molar-refractivity contribution is -0.141. The Morgan fingerprint density at radius 3 is 3.00 bits per heavy atom. The van der Waals surface area contributed by atoms with E-state index in [2.05, 4.69) is 5.10 Å². The molecule has 1 aromatic carbocycles. The van der Waals surface area contributed by atoms with Crippen molar-refractivity contribution in [3.63, 3.8) is 0 Å². The SMILES string of the molecule is O=C(O)C[C@H]1CN(C(=O)c2cnn(-c3cccc(Cl)c3)c2)CCO1. The van der Waals surface area contributed by atoms with Crippen LogP contribution in [0.4, 0.5) is 0 Å². The van der Waals surface area contributed by atoms with Crippen molar-refractivity contribution >= 4 is 23.5 Å². The average molecular weight is 350 g/mol. The molecule has 24 heavy (non-hydrogen) atoms. The zero-order valence-corrected chi connectivity index (χ0v) is 13.5. The highest BCUT2D eigenvalue weighted by Crippen LogP contribution is 2.16. The molecule has 126 valence electrons. The monoisotopic (exact) mass is 349 g/mol. The summed E-state index contributed by atoms with van der Waals surface area (Å²) in [5, 5.41) is 13.6. The molecule has 3 rings (SSSR count). The van der Waals surface area contributed by atoms with Gasteiger partial charge in [0.15, 0.2) is 0 Å². The van der Waals surface area contributed by atoms with Crippen LogP contribution in [0, 0.1) is 0 Å². The molecule has 1 atom stereocenters. The van der Waals surface area contributed by atoms with Gasteiger partial charge in [-0.15, -0.1) is 0 Å². The fourth-order valence-corrected chi connectivity index (χ4v) is 2.78. The molecule has 1 amide bonds. The molecule has 2 heterocycles. The Hall–Kier alpha value is -2.38. The van der Waals surface area contributed by atoms with Crippen molar-refractivity contribution < 1.29 is 19.4 Å². The number of carboxylic acids is 1. The zero-order chi connectivity index (χ0) is 17.1. The van der Waals surface area contributed by atoms with Crippen LogP contribution in [0.25, 0.3) is 5.69 Å². The number of aromatic nitrogens is 2. The molecule has 1 aliphatic heterocycles. The molecule has 2 aromatic rings. The normalized spacial score (nSPS) is 17.7. The maximum atomic E-state index is 12.6. The molecule has 1 aromatic heterocycles. The summed E-state index contributed by atoms with van der Waals surface area (Å²) in [7, 11) is 0. The summed E-state index contributed by atoms with van der Waals surface area (Å²) in [6.45, 7) is 1.01. The molecule has 8 heteroatoms. The minimum atomic E-state index is -0.942. The lowest BCUT2D eigenvalue weighted by atomic mass is 10.2. The predicted molar refractivity (Wildman–Crippen MR) is 86.5 cm³/mol. The van der Waals surface area contributed by atoms with E-state index < -0.39 is 12.1 Å². The summed E-state index contributed by atoms with van der Waals surface area (Å²) in [4.78, 5) is 25.0. The maximum Gasteiger partial charge on any atom is 0.306 e. The van der Waals surface area contributed by atoms with Crippen LogP contribution in [0.3, 0.4) is 0 Å². The number of morpholine rings is 1. The third-order valence-corrected chi connectivity index (χ3v) is 3.97. The highest BCUT2D eigenvalue weighted by molar-refractivity contribution is 6.30. The van der Waals surface area contributed by atoms with Gasteiger partial charge < -0.3 is 14.7 Å². The molecule has 1 fully saturated rings. The van der Waals surface area contributed by atoms with Crippen LogP contribution in [0.1, 0.15) is 16.8 Å². The summed E-state index contributed by atoms with van der Waals surface area (Å²) in [5.74, 6) is -1.13. The number of nitrogens with zero attached hydrogens (tertiary/aromatic N) is 3. The van der Waals surface area contributed by atoms with E-state index in [0.29, 0.717) is 23.7 Å². The highest BCUT2D eigenvalue weighted by atomic mass is 35.5. The number of benzene rings is 1. The van der Waals surface area contributed by atoms with Gasteiger partial charge in [0.05, 0.1) is 36.6 Å². The van der Waals surface area contributed by atoms with E-state index in [-0.39, 0.29) is 18.9 Å². The Morgan fingerprint density at radius 2 is 2.25 bits per heavy atom. The van der Waals surface area contributed by atoms with Crippen LogP contribution in [0.2, 0.25) is 5.02 Å². The number of ether oxygens (including phenoxy) is 1. The van der Waals surface area contributed by atoms with Gasteiger partial charge in [-0.3, -0.25) is 9.59 Å². The molecular formula is C16H16ClN3O4. The van der Waals surface area contributed by atoms with E-state index in [0.717, 1.165) is 5.69 Å². The smallest absolute Gasteiger partial charge is 0.306 e. The van der Waals surface area contributed by atoms with Crippen LogP contribution in [-0.2, 0) is 9.53 Å². The Labute approximate surface area is 143 Å². The molecule has 0 aliphatic carbocycles. The number of aliphatic carboxylic acids is 1. The first-order chi connectivity index (χ1) is 11.5. The van der Waals surface area contributed by atoms with E-state index in [4.69, 9.17) is 21.4 Å². The van der Waals surface area contributed by atoms with Gasteiger partial charge in [0.1, 0.15) is 0 Å². The average Bonchev–Trinajstić information content (AvgIpc) is 3.04. The summed E-state index contributed by atoms with van der Waals surface area (Å²) in [5.41, 5.74) is 1.19. The first-order valence-corrected chi connectivity index (χ1v) is 7.84. The van der Waals surface area contributed by atoms with Gasteiger partial charge in [-0.25, -0.2) is 4.68 Å². The van der Waals surface area contributed by atoms with Crippen LogP contribution in [-0.4, -0.2) is 57.5 Å². The van der Waals surface area contributed by atoms with E-state index in [1.165, 1.54) is 6.20 Å². The number of carbonyl (C=O) groups is 2. The van der Waals surface area contributed by atoms with Crippen LogP contribution in [0.15, 0.2) is 36.7 Å². The minimum Gasteiger partial charge on any atom is -0.481 e. The molecule has 1 saturated heterocycles. The Balaban J connectivity index is 1.72. The second kappa shape index (κ2) is 7.02. The molecule has 0 unspecified atom stereocenters. The van der Waals surface area contributed by atoms with Crippen molar-refractivity contribution in [3.8, 4) is 5.69 Å². The van der Waals surface area contributed by atoms with Crippen molar-refractivity contribution in [1.82, 2.24) is 14.7 Å². The molecule has 1 N–H and O–H groups in total. The molecule has 0 bridgehead atoms. The lowest BCUT2D eigenvalue weighted by Gasteiger charge is -2.32. The standard InChI is InChI=1S/C16H16ClN3O4/c17-12-2-1-3-13(6-12)20-9-11(8-18-20)16(23)19-4-5-24-14(10-19)7-15(21)22/h1-3,6,8-9,14H,4-5,7,10H2,(H,21,22)/t14-/m0/s1. The van der Waals surface area contributed by atoms with E-state index >= 15 is 0 Å². The summed E-state index contributed by atoms with van der Waals surface area (Å²) in [6, 6.07) is 7.15. The van der Waals surface area contributed by atoms with Gasteiger partial charge in [0.2, 0.25) is 0 Å². The minimum absolute atomic E-state index is 0.119. The fourth-order valence-electron chi connectivity index (χ4n) is 2.60. The fraction of sp³-hybridized carbons (Fsp3) is 0.312. The maximum absolute atomic E-state index is 12.6. The second-order valence-electron chi connectivity index (χ2n) is 5.50. The van der Waals surface area contributed by atoms with Gasteiger partial charge in [-0.05, 0) is 18.2 Å². The third-order valence-electron chi connectivity index (χ3n) is 3.73. The number of carboxylic acid groups (broad SMARTS) is 1. The second-order valence-corrected chi connectivity index (χ2v) is 5.93. The van der Waals surface area contributed by atoms with Crippen molar-refractivity contribution in [1.29, 1.82) is 0 Å². The number of rotatable bonds is 4. The van der Waals surface area contributed by atoms with Gasteiger partial charge in [-0.2, -0.15) is 5.10 Å². The van der Waals surface area contributed by atoms with Crippen molar-refractivity contribution in [3.05, 3.63) is 47.2 Å². The van der Waals surface area contributed by atoms with Crippen molar-refractivity contribution in [2.75, 3.05) is 19.7 Å². The quantitative estimate of drug-likeness (QED) is 0.910.